The highest BCUT2D eigenvalue weighted by Gasteiger charge is 2.46. The van der Waals surface area contributed by atoms with E-state index in [1.807, 2.05) is 13.8 Å². The zero-order valence-electron chi connectivity index (χ0n) is 13.5. The van der Waals surface area contributed by atoms with Crippen LogP contribution in [0.5, 0.6) is 0 Å². The zero-order valence-corrected chi connectivity index (χ0v) is 13.5. The highest BCUT2D eigenvalue weighted by molar-refractivity contribution is 5.84. The molecule has 0 aromatic rings. The minimum Gasteiger partial charge on any atom is -0.481 e. The lowest BCUT2D eigenvalue weighted by molar-refractivity contribution is -0.176. The van der Waals surface area contributed by atoms with Crippen molar-refractivity contribution in [2.75, 3.05) is 0 Å². The maximum atomic E-state index is 12.5. The number of allylic oxidation sites excluding steroid dienone is 1. The van der Waals surface area contributed by atoms with Crippen molar-refractivity contribution < 1.29 is 19.4 Å². The number of aliphatic carboxylic acids is 1. The molecule has 0 aromatic heterocycles. The van der Waals surface area contributed by atoms with Crippen molar-refractivity contribution in [2.24, 2.45) is 17.3 Å². The Kier molecular flexibility index (Phi) is 6.45. The summed E-state index contributed by atoms with van der Waals surface area (Å²) >= 11 is 0. The fraction of sp³-hybridized carbons (Fsp3) is 0.750. The Morgan fingerprint density at radius 3 is 2.05 bits per heavy atom. The number of esters is 1. The second kappa shape index (κ2) is 6.91. The number of carbonyl (C=O) groups is 2. The average Bonchev–Trinajstić information content (AvgIpc) is 2.22. The maximum absolute atomic E-state index is 12.5. The van der Waals surface area contributed by atoms with Gasteiger partial charge in [-0.05, 0) is 46.5 Å². The van der Waals surface area contributed by atoms with Crippen LogP contribution >= 0.6 is 0 Å². The van der Waals surface area contributed by atoms with E-state index in [1.165, 1.54) is 0 Å². The molecular weight excluding hydrogens is 256 g/mol. The summed E-state index contributed by atoms with van der Waals surface area (Å²) in [4.78, 5) is 24.0. The summed E-state index contributed by atoms with van der Waals surface area (Å²) < 4.78 is 5.42. The van der Waals surface area contributed by atoms with E-state index in [4.69, 9.17) is 4.74 Å². The van der Waals surface area contributed by atoms with Crippen LogP contribution in [0.25, 0.3) is 0 Å². The molecule has 2 atom stereocenters. The topological polar surface area (TPSA) is 63.6 Å². The van der Waals surface area contributed by atoms with Gasteiger partial charge in [-0.15, -0.1) is 6.58 Å². The van der Waals surface area contributed by atoms with Gasteiger partial charge in [0, 0.05) is 0 Å². The van der Waals surface area contributed by atoms with Gasteiger partial charge in [-0.1, -0.05) is 19.9 Å². The molecule has 0 heterocycles. The molecule has 0 bridgehead atoms. The molecule has 0 aliphatic heterocycles. The van der Waals surface area contributed by atoms with E-state index >= 15 is 0 Å². The van der Waals surface area contributed by atoms with Gasteiger partial charge in [0.1, 0.15) is 5.60 Å². The van der Waals surface area contributed by atoms with Crippen molar-refractivity contribution in [2.45, 2.75) is 60.0 Å². The minimum absolute atomic E-state index is 0.183. The molecule has 4 heteroatoms. The largest absolute Gasteiger partial charge is 0.481 e. The molecular formula is C16H28O4. The van der Waals surface area contributed by atoms with Gasteiger partial charge < -0.3 is 9.84 Å². The molecule has 0 fully saturated rings. The monoisotopic (exact) mass is 284 g/mol. The number of hydrogen-bond acceptors (Lipinski definition) is 3. The number of ether oxygens (including phenoxy) is 1. The SMILES string of the molecule is C=CC[C@@](C)(C(=O)OC(C)(C)C)[C@@H](CC(C)C)C(=O)O. The molecule has 0 aromatic carbocycles. The third kappa shape index (κ3) is 5.35. The Hall–Kier alpha value is -1.32. The Morgan fingerprint density at radius 1 is 1.25 bits per heavy atom. The van der Waals surface area contributed by atoms with E-state index < -0.39 is 28.9 Å². The Labute approximate surface area is 122 Å². The van der Waals surface area contributed by atoms with Crippen molar-refractivity contribution in [3.63, 3.8) is 0 Å². The van der Waals surface area contributed by atoms with Crippen molar-refractivity contribution in [3.8, 4) is 0 Å². The number of carboxylic acid groups (broad SMARTS) is 1. The summed E-state index contributed by atoms with van der Waals surface area (Å²) in [6, 6.07) is 0. The van der Waals surface area contributed by atoms with Crippen LogP contribution in [0.3, 0.4) is 0 Å². The first-order chi connectivity index (χ1) is 8.94. The molecule has 1 N–H and O–H groups in total. The van der Waals surface area contributed by atoms with E-state index in [0.29, 0.717) is 6.42 Å². The van der Waals surface area contributed by atoms with E-state index in [2.05, 4.69) is 6.58 Å². The molecule has 0 rings (SSSR count). The molecule has 20 heavy (non-hydrogen) atoms. The lowest BCUT2D eigenvalue weighted by Crippen LogP contribution is -2.44. The minimum atomic E-state index is -1.09. The Balaban J connectivity index is 5.47. The second-order valence-electron chi connectivity index (χ2n) is 6.93. The van der Waals surface area contributed by atoms with Crippen LogP contribution in [0.4, 0.5) is 0 Å². The van der Waals surface area contributed by atoms with Crippen LogP contribution in [-0.4, -0.2) is 22.6 Å². The van der Waals surface area contributed by atoms with Crippen molar-refractivity contribution in [1.29, 1.82) is 0 Å². The zero-order chi connectivity index (χ0) is 16.1. The second-order valence-corrected chi connectivity index (χ2v) is 6.93. The van der Waals surface area contributed by atoms with Gasteiger partial charge in [0.05, 0.1) is 11.3 Å². The highest BCUT2D eigenvalue weighted by Crippen LogP contribution is 2.38. The predicted octanol–water partition coefficient (Wildman–Crippen LogP) is 3.66. The molecule has 0 radical (unpaired) electrons. The van der Waals surface area contributed by atoms with Gasteiger partial charge in [-0.2, -0.15) is 0 Å². The molecule has 0 unspecified atom stereocenters. The normalized spacial score (nSPS) is 16.4. The van der Waals surface area contributed by atoms with Gasteiger partial charge >= 0.3 is 11.9 Å². The summed E-state index contributed by atoms with van der Waals surface area (Å²) in [5, 5.41) is 9.49. The average molecular weight is 284 g/mol. The Bertz CT molecular complexity index is 365. The molecule has 0 aliphatic rings. The molecule has 0 saturated heterocycles. The van der Waals surface area contributed by atoms with Crippen molar-refractivity contribution in [1.82, 2.24) is 0 Å². The van der Waals surface area contributed by atoms with Crippen LogP contribution in [0.1, 0.15) is 54.4 Å². The molecule has 0 spiro atoms. The number of rotatable bonds is 7. The smallest absolute Gasteiger partial charge is 0.313 e. The predicted molar refractivity (Wildman–Crippen MR) is 79.3 cm³/mol. The van der Waals surface area contributed by atoms with Crippen LogP contribution in [0.15, 0.2) is 12.7 Å². The number of carbonyl (C=O) groups excluding carboxylic acids is 1. The fourth-order valence-corrected chi connectivity index (χ4v) is 2.17. The molecule has 0 amide bonds. The molecule has 4 nitrogen and oxygen atoms in total. The lowest BCUT2D eigenvalue weighted by atomic mass is 9.71. The Morgan fingerprint density at radius 2 is 1.75 bits per heavy atom. The van der Waals surface area contributed by atoms with E-state index in [0.717, 1.165) is 0 Å². The first-order valence-corrected chi connectivity index (χ1v) is 7.01. The van der Waals surface area contributed by atoms with Gasteiger partial charge in [-0.25, -0.2) is 0 Å². The molecule has 0 saturated carbocycles. The van der Waals surface area contributed by atoms with E-state index in [9.17, 15) is 14.7 Å². The number of hydrogen-bond donors (Lipinski definition) is 1. The molecule has 116 valence electrons. The van der Waals surface area contributed by atoms with Gasteiger partial charge in [0.2, 0.25) is 0 Å². The summed E-state index contributed by atoms with van der Waals surface area (Å²) in [5.74, 6) is -2.04. The van der Waals surface area contributed by atoms with Crippen molar-refractivity contribution >= 4 is 11.9 Å². The van der Waals surface area contributed by atoms with Crippen LogP contribution in [0, 0.1) is 17.3 Å². The quantitative estimate of drug-likeness (QED) is 0.572. The first-order valence-electron chi connectivity index (χ1n) is 7.01. The summed E-state index contributed by atoms with van der Waals surface area (Å²) in [6.07, 6.45) is 2.30. The van der Waals surface area contributed by atoms with Gasteiger partial charge in [0.25, 0.3) is 0 Å². The summed E-state index contributed by atoms with van der Waals surface area (Å²) in [5.41, 5.74) is -1.73. The van der Waals surface area contributed by atoms with Gasteiger partial charge in [0.15, 0.2) is 0 Å². The summed E-state index contributed by atoms with van der Waals surface area (Å²) in [7, 11) is 0. The van der Waals surface area contributed by atoms with E-state index in [-0.39, 0.29) is 12.3 Å². The van der Waals surface area contributed by atoms with Crippen LogP contribution in [0.2, 0.25) is 0 Å². The number of carboxylic acids is 1. The first kappa shape index (κ1) is 18.7. The fourth-order valence-electron chi connectivity index (χ4n) is 2.17. The summed E-state index contributed by atoms with van der Waals surface area (Å²) in [6.45, 7) is 14.5. The van der Waals surface area contributed by atoms with Crippen LogP contribution in [-0.2, 0) is 14.3 Å². The van der Waals surface area contributed by atoms with Crippen molar-refractivity contribution in [3.05, 3.63) is 12.7 Å². The van der Waals surface area contributed by atoms with Gasteiger partial charge in [-0.3, -0.25) is 9.59 Å². The maximum Gasteiger partial charge on any atom is 0.313 e. The standard InChI is InChI=1S/C16H28O4/c1-8-9-16(7,14(19)20-15(4,5)6)12(13(17)18)10-11(2)3/h8,11-12H,1,9-10H2,2-7H3,(H,17,18)/t12-,16+/m0/s1. The third-order valence-electron chi connectivity index (χ3n) is 3.21. The van der Waals surface area contributed by atoms with Crippen LogP contribution < -0.4 is 0 Å². The highest BCUT2D eigenvalue weighted by atomic mass is 16.6. The molecule has 0 aliphatic carbocycles. The third-order valence-corrected chi connectivity index (χ3v) is 3.21. The van der Waals surface area contributed by atoms with E-state index in [1.54, 1.807) is 33.8 Å². The lowest BCUT2D eigenvalue weighted by Gasteiger charge is -2.35.